The van der Waals surface area contributed by atoms with E-state index in [-0.39, 0.29) is 24.8 Å². The van der Waals surface area contributed by atoms with Gasteiger partial charge in [0.05, 0.1) is 5.92 Å². The molecule has 96 valence electrons. The number of rotatable bonds is 2. The summed E-state index contributed by atoms with van der Waals surface area (Å²) in [6, 6.07) is 1.67. The van der Waals surface area contributed by atoms with Gasteiger partial charge in [-0.2, -0.15) is 24.5 Å². The standard InChI is InChI=1S/C12H16F3NS/c13-12(14,15)10-3-1-2-8(6-10)11(16)9-4-5-17-7-9/h4-5,7-8,10-11H,1-3,6,16H2. The van der Waals surface area contributed by atoms with E-state index in [0.717, 1.165) is 12.0 Å². The van der Waals surface area contributed by atoms with Gasteiger partial charge in [-0.1, -0.05) is 6.42 Å². The molecule has 1 aliphatic carbocycles. The summed E-state index contributed by atoms with van der Waals surface area (Å²) in [5.41, 5.74) is 7.03. The lowest BCUT2D eigenvalue weighted by Gasteiger charge is -2.33. The predicted octanol–water partition coefficient (Wildman–Crippen LogP) is 4.12. The molecule has 2 N–H and O–H groups in total. The molecule has 1 nitrogen and oxygen atoms in total. The number of thiophene rings is 1. The lowest BCUT2D eigenvalue weighted by Crippen LogP contribution is -2.33. The van der Waals surface area contributed by atoms with E-state index in [4.69, 9.17) is 5.73 Å². The SMILES string of the molecule is NC(c1ccsc1)C1CCCC(C(F)(F)F)C1. The number of halogens is 3. The molecule has 1 heterocycles. The van der Waals surface area contributed by atoms with Crippen LogP contribution in [0.15, 0.2) is 16.8 Å². The fraction of sp³-hybridized carbons (Fsp3) is 0.667. The van der Waals surface area contributed by atoms with Gasteiger partial charge in [0.2, 0.25) is 0 Å². The molecule has 0 bridgehead atoms. The Morgan fingerprint density at radius 1 is 1.35 bits per heavy atom. The summed E-state index contributed by atoms with van der Waals surface area (Å²) in [4.78, 5) is 0. The molecule has 0 amide bonds. The Labute approximate surface area is 103 Å². The third-order valence-electron chi connectivity index (χ3n) is 3.61. The molecule has 0 radical (unpaired) electrons. The molecule has 1 saturated carbocycles. The minimum atomic E-state index is -4.06. The molecule has 0 spiro atoms. The van der Waals surface area contributed by atoms with E-state index in [1.807, 2.05) is 16.8 Å². The van der Waals surface area contributed by atoms with E-state index in [1.165, 1.54) is 11.3 Å². The van der Waals surface area contributed by atoms with E-state index in [2.05, 4.69) is 0 Å². The van der Waals surface area contributed by atoms with Gasteiger partial charge in [-0.05, 0) is 47.6 Å². The summed E-state index contributed by atoms with van der Waals surface area (Å²) in [6.45, 7) is 0. The smallest absolute Gasteiger partial charge is 0.324 e. The zero-order valence-electron chi connectivity index (χ0n) is 9.41. The van der Waals surface area contributed by atoms with Crippen molar-refractivity contribution < 1.29 is 13.2 Å². The summed E-state index contributed by atoms with van der Waals surface area (Å²) in [6.07, 6.45) is -2.18. The van der Waals surface area contributed by atoms with Crippen molar-refractivity contribution in [2.75, 3.05) is 0 Å². The number of nitrogens with two attached hydrogens (primary N) is 1. The number of hydrogen-bond donors (Lipinski definition) is 1. The lowest BCUT2D eigenvalue weighted by molar-refractivity contribution is -0.186. The van der Waals surface area contributed by atoms with Gasteiger partial charge in [0, 0.05) is 6.04 Å². The first kappa shape index (κ1) is 12.9. The van der Waals surface area contributed by atoms with E-state index in [0.29, 0.717) is 6.42 Å². The molecule has 1 fully saturated rings. The van der Waals surface area contributed by atoms with Crippen molar-refractivity contribution in [3.63, 3.8) is 0 Å². The highest BCUT2D eigenvalue weighted by Gasteiger charge is 2.43. The van der Waals surface area contributed by atoms with Crippen molar-refractivity contribution >= 4 is 11.3 Å². The molecule has 3 unspecified atom stereocenters. The van der Waals surface area contributed by atoms with Crippen LogP contribution in [-0.2, 0) is 0 Å². The summed E-state index contributed by atoms with van der Waals surface area (Å²) in [7, 11) is 0. The Morgan fingerprint density at radius 2 is 2.12 bits per heavy atom. The van der Waals surface area contributed by atoms with Crippen LogP contribution in [0.25, 0.3) is 0 Å². The zero-order valence-corrected chi connectivity index (χ0v) is 10.2. The van der Waals surface area contributed by atoms with Crippen molar-refractivity contribution in [3.8, 4) is 0 Å². The first-order valence-corrected chi connectivity index (χ1v) is 6.77. The molecule has 17 heavy (non-hydrogen) atoms. The Morgan fingerprint density at radius 3 is 2.71 bits per heavy atom. The molecule has 3 atom stereocenters. The van der Waals surface area contributed by atoms with E-state index in [1.54, 1.807) is 0 Å². The second kappa shape index (κ2) is 4.98. The van der Waals surface area contributed by atoms with Crippen molar-refractivity contribution in [1.29, 1.82) is 0 Å². The zero-order chi connectivity index (χ0) is 12.5. The Kier molecular flexibility index (Phi) is 3.78. The normalized spacial score (nSPS) is 28.0. The van der Waals surface area contributed by atoms with Crippen LogP contribution in [0.3, 0.4) is 0 Å². The van der Waals surface area contributed by atoms with Gasteiger partial charge in [-0.3, -0.25) is 0 Å². The lowest BCUT2D eigenvalue weighted by atomic mass is 9.76. The summed E-state index contributed by atoms with van der Waals surface area (Å²) in [5.74, 6) is -1.20. The van der Waals surface area contributed by atoms with E-state index >= 15 is 0 Å². The maximum absolute atomic E-state index is 12.7. The molecule has 2 rings (SSSR count). The first-order chi connectivity index (χ1) is 7.98. The van der Waals surface area contributed by atoms with Gasteiger partial charge >= 0.3 is 6.18 Å². The van der Waals surface area contributed by atoms with Gasteiger partial charge in [0.25, 0.3) is 0 Å². The number of alkyl halides is 3. The number of hydrogen-bond acceptors (Lipinski definition) is 2. The van der Waals surface area contributed by atoms with Gasteiger partial charge in [0.15, 0.2) is 0 Å². The minimum Gasteiger partial charge on any atom is -0.324 e. The quantitative estimate of drug-likeness (QED) is 0.853. The summed E-state index contributed by atoms with van der Waals surface area (Å²) < 4.78 is 38.0. The monoisotopic (exact) mass is 263 g/mol. The highest BCUT2D eigenvalue weighted by Crippen LogP contribution is 2.43. The van der Waals surface area contributed by atoms with Crippen LogP contribution in [0, 0.1) is 11.8 Å². The Balaban J connectivity index is 2.02. The average molecular weight is 263 g/mol. The second-order valence-electron chi connectivity index (χ2n) is 4.75. The van der Waals surface area contributed by atoms with Gasteiger partial charge in [-0.15, -0.1) is 0 Å². The maximum Gasteiger partial charge on any atom is 0.391 e. The highest BCUT2D eigenvalue weighted by atomic mass is 32.1. The molecule has 1 aromatic rings. The minimum absolute atomic E-state index is 0.0371. The van der Waals surface area contributed by atoms with Crippen molar-refractivity contribution in [3.05, 3.63) is 22.4 Å². The summed E-state index contributed by atoms with van der Waals surface area (Å²) in [5, 5.41) is 3.85. The molecule has 5 heteroatoms. The van der Waals surface area contributed by atoms with E-state index < -0.39 is 12.1 Å². The summed E-state index contributed by atoms with van der Waals surface area (Å²) >= 11 is 1.54. The van der Waals surface area contributed by atoms with Gasteiger partial charge in [-0.25, -0.2) is 0 Å². The largest absolute Gasteiger partial charge is 0.391 e. The van der Waals surface area contributed by atoms with Crippen LogP contribution in [-0.4, -0.2) is 6.18 Å². The average Bonchev–Trinajstić information content (AvgIpc) is 2.80. The Bertz CT molecular complexity index is 347. The van der Waals surface area contributed by atoms with Crippen LogP contribution < -0.4 is 5.73 Å². The third-order valence-corrected chi connectivity index (χ3v) is 4.32. The third kappa shape index (κ3) is 3.01. The molecule has 0 aliphatic heterocycles. The molecule has 0 aromatic carbocycles. The first-order valence-electron chi connectivity index (χ1n) is 5.83. The highest BCUT2D eigenvalue weighted by molar-refractivity contribution is 7.07. The van der Waals surface area contributed by atoms with Crippen LogP contribution in [0.5, 0.6) is 0 Å². The predicted molar refractivity (Wildman–Crippen MR) is 62.8 cm³/mol. The molecular weight excluding hydrogens is 247 g/mol. The molecule has 0 saturated heterocycles. The van der Waals surface area contributed by atoms with Gasteiger partial charge < -0.3 is 5.73 Å². The topological polar surface area (TPSA) is 26.0 Å². The van der Waals surface area contributed by atoms with Crippen molar-refractivity contribution in [1.82, 2.24) is 0 Å². The van der Waals surface area contributed by atoms with Crippen LogP contribution in [0.2, 0.25) is 0 Å². The van der Waals surface area contributed by atoms with Crippen LogP contribution in [0.1, 0.15) is 37.3 Å². The van der Waals surface area contributed by atoms with Crippen molar-refractivity contribution in [2.24, 2.45) is 17.6 Å². The Hall–Kier alpha value is -0.550. The molecule has 1 aliphatic rings. The maximum atomic E-state index is 12.7. The van der Waals surface area contributed by atoms with Crippen LogP contribution in [0.4, 0.5) is 13.2 Å². The van der Waals surface area contributed by atoms with Gasteiger partial charge in [0.1, 0.15) is 0 Å². The second-order valence-corrected chi connectivity index (χ2v) is 5.53. The fourth-order valence-electron chi connectivity index (χ4n) is 2.59. The van der Waals surface area contributed by atoms with Crippen LogP contribution >= 0.6 is 11.3 Å². The van der Waals surface area contributed by atoms with Crippen molar-refractivity contribution in [2.45, 2.75) is 37.9 Å². The molecular formula is C12H16F3NS. The fourth-order valence-corrected chi connectivity index (χ4v) is 3.29. The molecule has 1 aromatic heterocycles. The van der Waals surface area contributed by atoms with E-state index in [9.17, 15) is 13.2 Å².